The lowest BCUT2D eigenvalue weighted by Crippen LogP contribution is -2.14. The molecule has 0 saturated carbocycles. The second-order valence-corrected chi connectivity index (χ2v) is 7.20. The van der Waals surface area contributed by atoms with E-state index in [1.807, 2.05) is 57.2 Å². The molecule has 3 rings (SSSR count). The van der Waals surface area contributed by atoms with Crippen molar-refractivity contribution in [3.63, 3.8) is 0 Å². The van der Waals surface area contributed by atoms with Crippen molar-refractivity contribution < 1.29 is 14.3 Å². The molecule has 132 valence electrons. The number of ketones is 1. The molecule has 0 aliphatic carbocycles. The van der Waals surface area contributed by atoms with Gasteiger partial charge in [0.1, 0.15) is 5.01 Å². The lowest BCUT2D eigenvalue weighted by atomic mass is 9.98. The van der Waals surface area contributed by atoms with Gasteiger partial charge in [-0.15, -0.1) is 11.3 Å². The Morgan fingerprint density at radius 2 is 1.81 bits per heavy atom. The lowest BCUT2D eigenvalue weighted by Gasteiger charge is -2.09. The minimum atomic E-state index is -0.556. The molecular weight excluding hydrogens is 346 g/mol. The molecule has 2 aromatic carbocycles. The smallest absolute Gasteiger partial charge is 0.331 e. The van der Waals surface area contributed by atoms with Gasteiger partial charge in [-0.25, -0.2) is 9.78 Å². The van der Waals surface area contributed by atoms with Crippen LogP contribution in [0.2, 0.25) is 0 Å². The molecule has 4 nitrogen and oxygen atoms in total. The first kappa shape index (κ1) is 18.0. The van der Waals surface area contributed by atoms with E-state index >= 15 is 0 Å². The summed E-state index contributed by atoms with van der Waals surface area (Å²) in [5.41, 5.74) is 4.55. The van der Waals surface area contributed by atoms with Crippen LogP contribution in [0, 0.1) is 20.8 Å². The third-order valence-electron chi connectivity index (χ3n) is 4.16. The van der Waals surface area contributed by atoms with Crippen LogP contribution in [-0.4, -0.2) is 23.3 Å². The second kappa shape index (κ2) is 7.62. The van der Waals surface area contributed by atoms with Gasteiger partial charge >= 0.3 is 5.97 Å². The van der Waals surface area contributed by atoms with E-state index in [9.17, 15) is 9.59 Å². The molecule has 0 saturated heterocycles. The predicted octanol–water partition coefficient (Wildman–Crippen LogP) is 4.66. The fraction of sp³-hybridized carbons (Fsp3) is 0.190. The summed E-state index contributed by atoms with van der Waals surface area (Å²) in [6, 6.07) is 11.6. The second-order valence-electron chi connectivity index (χ2n) is 6.14. The van der Waals surface area contributed by atoms with Gasteiger partial charge < -0.3 is 4.74 Å². The number of nitrogens with zero attached hydrogens (tertiary/aromatic N) is 1. The topological polar surface area (TPSA) is 56.3 Å². The molecule has 0 N–H and O–H groups in total. The molecule has 0 bridgehead atoms. The molecule has 0 radical (unpaired) electrons. The van der Waals surface area contributed by atoms with Crippen LogP contribution in [0.25, 0.3) is 16.3 Å². The number of hydrogen-bond donors (Lipinski definition) is 0. The first-order valence-electron chi connectivity index (χ1n) is 8.25. The van der Waals surface area contributed by atoms with Crippen molar-refractivity contribution in [2.24, 2.45) is 0 Å². The molecule has 0 spiro atoms. The highest BCUT2D eigenvalue weighted by atomic mass is 32.1. The van der Waals surface area contributed by atoms with E-state index in [2.05, 4.69) is 4.98 Å². The Bertz CT molecular complexity index is 984. The molecule has 1 heterocycles. The zero-order valence-corrected chi connectivity index (χ0v) is 15.7. The fourth-order valence-electron chi connectivity index (χ4n) is 2.62. The van der Waals surface area contributed by atoms with E-state index in [-0.39, 0.29) is 12.4 Å². The van der Waals surface area contributed by atoms with E-state index in [1.54, 1.807) is 6.08 Å². The summed E-state index contributed by atoms with van der Waals surface area (Å²) in [6.45, 7) is 5.57. The zero-order valence-electron chi connectivity index (χ0n) is 14.9. The SMILES string of the molecule is Cc1cc(C)c(C(=O)COC(=O)/C=C/c2nc3ccccc3s2)cc1C. The summed E-state index contributed by atoms with van der Waals surface area (Å²) < 4.78 is 6.14. The Kier molecular flexibility index (Phi) is 5.28. The summed E-state index contributed by atoms with van der Waals surface area (Å²) >= 11 is 1.49. The number of thiazole rings is 1. The molecule has 26 heavy (non-hydrogen) atoms. The average molecular weight is 365 g/mol. The summed E-state index contributed by atoms with van der Waals surface area (Å²) in [4.78, 5) is 28.6. The molecule has 0 atom stereocenters. The summed E-state index contributed by atoms with van der Waals surface area (Å²) in [5, 5.41) is 0.722. The third-order valence-corrected chi connectivity index (χ3v) is 5.16. The number of ether oxygens (including phenoxy) is 1. The molecule has 5 heteroatoms. The Labute approximate surface area is 156 Å². The standard InChI is InChI=1S/C21H19NO3S/c1-13-10-15(3)16(11-14(13)2)18(23)12-25-21(24)9-8-20-22-17-6-4-5-7-19(17)26-20/h4-11H,12H2,1-3H3/b9-8+. The van der Waals surface area contributed by atoms with Gasteiger partial charge in [-0.1, -0.05) is 18.2 Å². The van der Waals surface area contributed by atoms with E-state index in [4.69, 9.17) is 4.74 Å². The summed E-state index contributed by atoms with van der Waals surface area (Å²) in [6.07, 6.45) is 2.91. The van der Waals surface area contributed by atoms with Crippen molar-refractivity contribution in [2.45, 2.75) is 20.8 Å². The molecule has 0 aliphatic rings. The average Bonchev–Trinajstić information content (AvgIpc) is 3.04. The molecule has 0 unspecified atom stereocenters. The Balaban J connectivity index is 1.61. The number of esters is 1. The molecule has 0 aliphatic heterocycles. The number of aromatic nitrogens is 1. The number of carbonyl (C=O) groups is 2. The van der Waals surface area contributed by atoms with Gasteiger partial charge in [0.05, 0.1) is 10.2 Å². The van der Waals surface area contributed by atoms with Crippen molar-refractivity contribution >= 4 is 39.4 Å². The largest absolute Gasteiger partial charge is 0.454 e. The van der Waals surface area contributed by atoms with Gasteiger partial charge in [-0.05, 0) is 61.7 Å². The highest BCUT2D eigenvalue weighted by Gasteiger charge is 2.12. The van der Waals surface area contributed by atoms with Crippen LogP contribution in [-0.2, 0) is 9.53 Å². The van der Waals surface area contributed by atoms with Crippen molar-refractivity contribution in [2.75, 3.05) is 6.61 Å². The fourth-order valence-corrected chi connectivity index (χ4v) is 3.49. The molecule has 3 aromatic rings. The van der Waals surface area contributed by atoms with Crippen LogP contribution in [0.5, 0.6) is 0 Å². The van der Waals surface area contributed by atoms with Gasteiger partial charge in [-0.3, -0.25) is 4.79 Å². The first-order chi connectivity index (χ1) is 12.4. The highest BCUT2D eigenvalue weighted by Crippen LogP contribution is 2.22. The van der Waals surface area contributed by atoms with Gasteiger partial charge in [0, 0.05) is 11.6 Å². The number of Topliss-reactive ketones (excluding diaryl/α,β-unsaturated/α-hetero) is 1. The van der Waals surface area contributed by atoms with Crippen LogP contribution in [0.15, 0.2) is 42.5 Å². The van der Waals surface area contributed by atoms with Crippen LogP contribution >= 0.6 is 11.3 Å². The number of para-hydroxylation sites is 1. The minimum absolute atomic E-state index is 0.202. The van der Waals surface area contributed by atoms with Crippen molar-refractivity contribution in [1.82, 2.24) is 4.98 Å². The third kappa shape index (κ3) is 4.06. The molecule has 1 aromatic heterocycles. The van der Waals surface area contributed by atoms with Gasteiger partial charge in [0.25, 0.3) is 0 Å². The van der Waals surface area contributed by atoms with Crippen LogP contribution in [0.3, 0.4) is 0 Å². The molecule has 0 fully saturated rings. The van der Waals surface area contributed by atoms with Crippen molar-refractivity contribution in [1.29, 1.82) is 0 Å². The van der Waals surface area contributed by atoms with Crippen LogP contribution < -0.4 is 0 Å². The number of hydrogen-bond acceptors (Lipinski definition) is 5. The van der Waals surface area contributed by atoms with Crippen LogP contribution in [0.1, 0.15) is 32.1 Å². The normalized spacial score (nSPS) is 11.2. The lowest BCUT2D eigenvalue weighted by molar-refractivity contribution is -0.136. The van der Waals surface area contributed by atoms with Crippen molar-refractivity contribution in [3.05, 3.63) is 69.7 Å². The van der Waals surface area contributed by atoms with Gasteiger partial charge in [0.2, 0.25) is 5.78 Å². The summed E-state index contributed by atoms with van der Waals surface area (Å²) in [5.74, 6) is -0.758. The number of rotatable bonds is 5. The van der Waals surface area contributed by atoms with Crippen molar-refractivity contribution in [3.8, 4) is 0 Å². The number of aryl methyl sites for hydroxylation is 3. The maximum atomic E-state index is 12.3. The number of fused-ring (bicyclic) bond motifs is 1. The van der Waals surface area contributed by atoms with E-state index in [1.165, 1.54) is 17.4 Å². The monoisotopic (exact) mass is 365 g/mol. The number of carbonyl (C=O) groups excluding carboxylic acids is 2. The van der Waals surface area contributed by atoms with E-state index in [0.29, 0.717) is 5.56 Å². The quantitative estimate of drug-likeness (QED) is 0.375. The maximum absolute atomic E-state index is 12.3. The van der Waals surface area contributed by atoms with E-state index in [0.717, 1.165) is 31.9 Å². The molecular formula is C21H19NO3S. The maximum Gasteiger partial charge on any atom is 0.331 e. The predicted molar refractivity (Wildman–Crippen MR) is 105 cm³/mol. The molecule has 0 amide bonds. The van der Waals surface area contributed by atoms with Crippen LogP contribution in [0.4, 0.5) is 0 Å². The first-order valence-corrected chi connectivity index (χ1v) is 9.07. The van der Waals surface area contributed by atoms with Gasteiger partial charge in [-0.2, -0.15) is 0 Å². The Hall–Kier alpha value is -2.79. The Morgan fingerprint density at radius 3 is 2.58 bits per heavy atom. The Morgan fingerprint density at radius 1 is 1.08 bits per heavy atom. The highest BCUT2D eigenvalue weighted by molar-refractivity contribution is 7.19. The number of benzene rings is 2. The van der Waals surface area contributed by atoms with E-state index < -0.39 is 5.97 Å². The minimum Gasteiger partial charge on any atom is -0.454 e. The summed E-state index contributed by atoms with van der Waals surface area (Å²) in [7, 11) is 0. The zero-order chi connectivity index (χ0) is 18.7. The van der Waals surface area contributed by atoms with Gasteiger partial charge in [0.15, 0.2) is 6.61 Å².